The summed E-state index contributed by atoms with van der Waals surface area (Å²) >= 11 is 0. The number of fused-ring (bicyclic) bond motifs is 11. The molecule has 0 aliphatic carbocycles. The molecule has 0 N–H and O–H groups in total. The second-order valence-electron chi connectivity index (χ2n) is 18.1. The smallest absolute Gasteiger partial charge is 0.136 e. The molecule has 0 bridgehead atoms. The molecule has 0 atom stereocenters. The van der Waals surface area contributed by atoms with Gasteiger partial charge in [-0.15, -0.1) is 0 Å². The largest absolute Gasteiger partial charge is 0.456 e. The minimum absolute atomic E-state index is 0.897. The Bertz CT molecular complexity index is 4280. The first-order chi connectivity index (χ1) is 34.2. The van der Waals surface area contributed by atoms with E-state index < -0.39 is 0 Å². The maximum Gasteiger partial charge on any atom is 0.136 e. The molecule has 0 spiro atoms. The topological polar surface area (TPSA) is 21.3 Å². The minimum Gasteiger partial charge on any atom is -0.456 e. The number of furan rings is 1. The fraction of sp³-hybridized carbons (Fsp3) is 0. The van der Waals surface area contributed by atoms with Crippen molar-refractivity contribution in [2.75, 3.05) is 4.90 Å². The zero-order valence-electron chi connectivity index (χ0n) is 37.6. The van der Waals surface area contributed by atoms with Crippen LogP contribution in [0.4, 0.5) is 17.1 Å². The van der Waals surface area contributed by atoms with E-state index in [0.29, 0.717) is 0 Å². The zero-order valence-corrected chi connectivity index (χ0v) is 37.6. The first-order valence-electron chi connectivity index (χ1n) is 23.6. The molecule has 0 aliphatic rings. The monoisotopic (exact) mass is 878 g/mol. The van der Waals surface area contributed by atoms with Crippen LogP contribution >= 0.6 is 0 Å². The molecule has 0 radical (unpaired) electrons. The number of para-hydroxylation sites is 2. The fourth-order valence-electron chi connectivity index (χ4n) is 10.8. The Labute approximate surface area is 399 Å². The third kappa shape index (κ3) is 6.51. The maximum atomic E-state index is 6.28. The molecule has 0 saturated heterocycles. The van der Waals surface area contributed by atoms with Gasteiger partial charge in [0.1, 0.15) is 11.2 Å². The average molecular weight is 879 g/mol. The summed E-state index contributed by atoms with van der Waals surface area (Å²) in [7, 11) is 0. The van der Waals surface area contributed by atoms with Crippen molar-refractivity contribution in [1.29, 1.82) is 0 Å². The van der Waals surface area contributed by atoms with Crippen LogP contribution in [0.15, 0.2) is 259 Å². The van der Waals surface area contributed by atoms with Crippen LogP contribution in [0.2, 0.25) is 0 Å². The lowest BCUT2D eigenvalue weighted by molar-refractivity contribution is 0.669. The summed E-state index contributed by atoms with van der Waals surface area (Å²) in [5.74, 6) is 0. The van der Waals surface area contributed by atoms with Gasteiger partial charge in [-0.05, 0) is 139 Å². The zero-order chi connectivity index (χ0) is 45.4. The van der Waals surface area contributed by atoms with Crippen molar-refractivity contribution in [3.05, 3.63) is 255 Å². The Morgan fingerprint density at radius 3 is 1.41 bits per heavy atom. The van der Waals surface area contributed by atoms with Crippen molar-refractivity contribution in [3.63, 3.8) is 0 Å². The summed E-state index contributed by atoms with van der Waals surface area (Å²) in [6.07, 6.45) is 0. The second-order valence-corrected chi connectivity index (χ2v) is 18.1. The van der Waals surface area contributed by atoms with Crippen LogP contribution < -0.4 is 4.90 Å². The van der Waals surface area contributed by atoms with Gasteiger partial charge in [-0.2, -0.15) is 0 Å². The van der Waals surface area contributed by atoms with Gasteiger partial charge in [-0.1, -0.05) is 176 Å². The summed E-state index contributed by atoms with van der Waals surface area (Å²) in [4.78, 5) is 2.36. The lowest BCUT2D eigenvalue weighted by Crippen LogP contribution is -2.09. The molecule has 0 unspecified atom stereocenters. The Morgan fingerprint density at radius 1 is 0.275 bits per heavy atom. The molecule has 3 heteroatoms. The van der Waals surface area contributed by atoms with Gasteiger partial charge in [0.05, 0.1) is 11.0 Å². The highest BCUT2D eigenvalue weighted by atomic mass is 16.3. The molecule has 14 rings (SSSR count). The van der Waals surface area contributed by atoms with Gasteiger partial charge < -0.3 is 13.9 Å². The molecule has 2 aromatic heterocycles. The number of nitrogens with zero attached hydrogens (tertiary/aromatic N) is 2. The molecule has 0 saturated carbocycles. The third-order valence-electron chi connectivity index (χ3n) is 14.2. The van der Waals surface area contributed by atoms with Gasteiger partial charge in [-0.3, -0.25) is 0 Å². The fourth-order valence-corrected chi connectivity index (χ4v) is 10.8. The first kappa shape index (κ1) is 39.0. The van der Waals surface area contributed by atoms with Crippen molar-refractivity contribution < 1.29 is 4.42 Å². The van der Waals surface area contributed by atoms with Gasteiger partial charge in [0.2, 0.25) is 0 Å². The standard InChI is InChI=1S/C66H42N2O/c1-2-12-52(13-3-1)68-63-41-49(28-37-59(63)62-39-26-47-11-5-7-15-58(47)66(62)68)44-22-32-54(33-23-44)67(55-34-24-45(25-35-55)50-29-38-61-60-16-8-9-17-64(60)69-65(61)42-50)53-30-20-43(21-31-53)48-27-36-57-51(40-48)19-18-46-10-4-6-14-56(46)57/h1-42H. The molecule has 14 aromatic rings. The van der Waals surface area contributed by atoms with Gasteiger partial charge in [-0.25, -0.2) is 0 Å². The number of rotatable bonds is 7. The number of aromatic nitrogens is 1. The minimum atomic E-state index is 0.897. The van der Waals surface area contributed by atoms with E-state index in [-0.39, 0.29) is 0 Å². The van der Waals surface area contributed by atoms with Gasteiger partial charge in [0.25, 0.3) is 0 Å². The predicted octanol–water partition coefficient (Wildman–Crippen LogP) is 18.6. The summed E-state index contributed by atoms with van der Waals surface area (Å²) in [5, 5.41) is 12.3. The highest BCUT2D eigenvalue weighted by Gasteiger charge is 2.18. The Kier molecular flexibility index (Phi) is 8.90. The molecule has 0 amide bonds. The van der Waals surface area contributed by atoms with Crippen molar-refractivity contribution in [1.82, 2.24) is 4.57 Å². The maximum absolute atomic E-state index is 6.28. The Morgan fingerprint density at radius 2 is 0.725 bits per heavy atom. The van der Waals surface area contributed by atoms with Gasteiger partial charge in [0, 0.05) is 49.7 Å². The Balaban J connectivity index is 0.852. The number of hydrogen-bond acceptors (Lipinski definition) is 2. The molecular formula is C66H42N2O. The van der Waals surface area contributed by atoms with Crippen LogP contribution in [0.1, 0.15) is 0 Å². The normalized spacial score (nSPS) is 11.8. The third-order valence-corrected chi connectivity index (χ3v) is 14.2. The average Bonchev–Trinajstić information content (AvgIpc) is 3.97. The van der Waals surface area contributed by atoms with E-state index >= 15 is 0 Å². The molecule has 2 heterocycles. The van der Waals surface area contributed by atoms with Crippen LogP contribution in [0.3, 0.4) is 0 Å². The second kappa shape index (κ2) is 15.7. The van der Waals surface area contributed by atoms with Crippen molar-refractivity contribution >= 4 is 93.1 Å². The SMILES string of the molecule is c1ccc(-n2c3cc(-c4ccc(N(c5ccc(-c6ccc7c(ccc8ccccc87)c6)cc5)c5ccc(-c6ccc7c(c6)oc6ccccc67)cc5)cc4)ccc3c3ccc4ccccc4c32)cc1. The summed E-state index contributed by atoms with van der Waals surface area (Å²) in [5.41, 5.74) is 15.6. The van der Waals surface area contributed by atoms with Crippen LogP contribution in [0, 0.1) is 0 Å². The molecule has 0 fully saturated rings. The van der Waals surface area contributed by atoms with E-state index in [2.05, 4.69) is 252 Å². The van der Waals surface area contributed by atoms with Crippen molar-refractivity contribution in [2.24, 2.45) is 0 Å². The van der Waals surface area contributed by atoms with Crippen LogP contribution in [-0.2, 0) is 0 Å². The summed E-state index contributed by atoms with van der Waals surface area (Å²) in [6.45, 7) is 0. The van der Waals surface area contributed by atoms with Gasteiger partial charge in [0.15, 0.2) is 0 Å². The molecule has 69 heavy (non-hydrogen) atoms. The van der Waals surface area contributed by atoms with E-state index in [9.17, 15) is 0 Å². The van der Waals surface area contributed by atoms with E-state index in [4.69, 9.17) is 4.42 Å². The van der Waals surface area contributed by atoms with E-state index in [1.165, 1.54) is 70.8 Å². The summed E-state index contributed by atoms with van der Waals surface area (Å²) < 4.78 is 8.72. The predicted molar refractivity (Wildman–Crippen MR) is 292 cm³/mol. The van der Waals surface area contributed by atoms with E-state index in [1.807, 2.05) is 12.1 Å². The van der Waals surface area contributed by atoms with E-state index in [0.717, 1.165) is 61.4 Å². The van der Waals surface area contributed by atoms with Crippen LogP contribution in [-0.4, -0.2) is 4.57 Å². The quantitative estimate of drug-likeness (QED) is 0.149. The molecule has 3 nitrogen and oxygen atoms in total. The first-order valence-corrected chi connectivity index (χ1v) is 23.6. The van der Waals surface area contributed by atoms with Crippen molar-refractivity contribution in [3.8, 4) is 39.1 Å². The van der Waals surface area contributed by atoms with E-state index in [1.54, 1.807) is 0 Å². The molecule has 12 aromatic carbocycles. The number of anilines is 3. The highest BCUT2D eigenvalue weighted by Crippen LogP contribution is 2.42. The molecular weight excluding hydrogens is 837 g/mol. The molecule has 0 aliphatic heterocycles. The molecule has 322 valence electrons. The highest BCUT2D eigenvalue weighted by molar-refractivity contribution is 6.19. The van der Waals surface area contributed by atoms with Crippen molar-refractivity contribution in [2.45, 2.75) is 0 Å². The lowest BCUT2D eigenvalue weighted by Gasteiger charge is -2.26. The Hall–Kier alpha value is -9.18. The van der Waals surface area contributed by atoms with Gasteiger partial charge >= 0.3 is 0 Å². The van der Waals surface area contributed by atoms with Crippen LogP contribution in [0.25, 0.3) is 115 Å². The number of benzene rings is 12. The number of hydrogen-bond donors (Lipinski definition) is 0. The van der Waals surface area contributed by atoms with Crippen LogP contribution in [0.5, 0.6) is 0 Å². The summed E-state index contributed by atoms with van der Waals surface area (Å²) in [6, 6.07) is 92.5. The lowest BCUT2D eigenvalue weighted by atomic mass is 9.97.